The van der Waals surface area contributed by atoms with E-state index in [4.69, 9.17) is 5.73 Å². The Bertz CT molecular complexity index is 489. The highest BCUT2D eigenvalue weighted by atomic mass is 19.1. The highest BCUT2D eigenvalue weighted by Gasteiger charge is 2.37. The van der Waals surface area contributed by atoms with Crippen LogP contribution in [0.4, 0.5) is 4.39 Å². The lowest BCUT2D eigenvalue weighted by molar-refractivity contribution is -0.148. The maximum absolute atomic E-state index is 12.9. The molecule has 1 fully saturated rings. The van der Waals surface area contributed by atoms with Gasteiger partial charge in [-0.3, -0.25) is 4.79 Å². The highest BCUT2D eigenvalue weighted by molar-refractivity contribution is 5.86. The lowest BCUT2D eigenvalue weighted by atomic mass is 10.1. The van der Waals surface area contributed by atoms with Crippen LogP contribution in [0.25, 0.3) is 0 Å². The van der Waals surface area contributed by atoms with Crippen molar-refractivity contribution in [3.8, 4) is 0 Å². The van der Waals surface area contributed by atoms with Crippen molar-refractivity contribution < 1.29 is 19.1 Å². The van der Waals surface area contributed by atoms with Gasteiger partial charge in [0.1, 0.15) is 5.82 Å². The largest absolute Gasteiger partial charge is 0.479 e. The van der Waals surface area contributed by atoms with Crippen molar-refractivity contribution >= 4 is 11.9 Å². The van der Waals surface area contributed by atoms with Gasteiger partial charge >= 0.3 is 5.97 Å². The number of halogens is 1. The van der Waals surface area contributed by atoms with E-state index in [0.717, 1.165) is 0 Å². The number of carboxylic acids is 1. The molecular weight excluding hydrogens is 251 g/mol. The van der Waals surface area contributed by atoms with Crippen molar-refractivity contribution in [1.82, 2.24) is 4.90 Å². The van der Waals surface area contributed by atoms with Gasteiger partial charge < -0.3 is 15.7 Å². The van der Waals surface area contributed by atoms with Crippen molar-refractivity contribution in [3.05, 3.63) is 35.6 Å². The molecule has 0 aromatic heterocycles. The van der Waals surface area contributed by atoms with E-state index < -0.39 is 17.8 Å². The zero-order valence-electron chi connectivity index (χ0n) is 10.3. The molecular formula is C13H15FN2O3. The number of carboxylic acid groups (broad SMARTS) is 1. The van der Waals surface area contributed by atoms with Crippen molar-refractivity contribution in [1.29, 1.82) is 0 Å². The molecule has 0 radical (unpaired) electrons. The summed E-state index contributed by atoms with van der Waals surface area (Å²) in [5.74, 6) is -1.82. The van der Waals surface area contributed by atoms with Crippen LogP contribution in [-0.2, 0) is 9.59 Å². The smallest absolute Gasteiger partial charge is 0.331 e. The lowest BCUT2D eigenvalue weighted by Gasteiger charge is -2.25. The molecule has 1 aromatic rings. The molecule has 6 heteroatoms. The van der Waals surface area contributed by atoms with Crippen LogP contribution in [0.1, 0.15) is 18.0 Å². The Hall–Kier alpha value is -1.95. The SMILES string of the molecule is NCC1CC(=O)N([C@H](C(=O)O)c2ccc(F)cc2)C1. The molecule has 1 amide bonds. The van der Waals surface area contributed by atoms with Crippen molar-refractivity contribution in [2.75, 3.05) is 13.1 Å². The van der Waals surface area contributed by atoms with Crippen LogP contribution in [-0.4, -0.2) is 35.0 Å². The van der Waals surface area contributed by atoms with Crippen LogP contribution in [0.2, 0.25) is 0 Å². The predicted molar refractivity (Wildman–Crippen MR) is 65.7 cm³/mol. The second-order valence-corrected chi connectivity index (χ2v) is 4.64. The van der Waals surface area contributed by atoms with Gasteiger partial charge in [-0.25, -0.2) is 9.18 Å². The van der Waals surface area contributed by atoms with Gasteiger partial charge in [-0.1, -0.05) is 12.1 Å². The molecule has 2 atom stereocenters. The molecule has 19 heavy (non-hydrogen) atoms. The van der Waals surface area contributed by atoms with E-state index in [1.165, 1.54) is 29.2 Å². The number of hydrogen-bond donors (Lipinski definition) is 2. The Balaban J connectivity index is 2.28. The number of hydrogen-bond acceptors (Lipinski definition) is 3. The maximum Gasteiger partial charge on any atom is 0.331 e. The molecule has 102 valence electrons. The maximum atomic E-state index is 12.9. The van der Waals surface area contributed by atoms with Gasteiger partial charge in [0.05, 0.1) is 0 Å². The van der Waals surface area contributed by atoms with E-state index in [0.29, 0.717) is 18.7 Å². The van der Waals surface area contributed by atoms with Gasteiger partial charge in [-0.05, 0) is 30.2 Å². The van der Waals surface area contributed by atoms with Crippen molar-refractivity contribution in [2.24, 2.45) is 11.7 Å². The van der Waals surface area contributed by atoms with Crippen LogP contribution in [0.3, 0.4) is 0 Å². The first-order chi connectivity index (χ1) is 9.02. The minimum atomic E-state index is -1.13. The third-order valence-electron chi connectivity index (χ3n) is 3.30. The van der Waals surface area contributed by atoms with Gasteiger partial charge in [0.15, 0.2) is 6.04 Å². The van der Waals surface area contributed by atoms with Crippen molar-refractivity contribution in [3.63, 3.8) is 0 Å². The first-order valence-electron chi connectivity index (χ1n) is 6.00. The van der Waals surface area contributed by atoms with Crippen LogP contribution in [0.5, 0.6) is 0 Å². The van der Waals surface area contributed by atoms with Gasteiger partial charge in [0.2, 0.25) is 5.91 Å². The molecule has 5 nitrogen and oxygen atoms in total. The molecule has 1 aliphatic rings. The first-order valence-corrected chi connectivity index (χ1v) is 6.00. The predicted octanol–water partition coefficient (Wildman–Crippen LogP) is 0.759. The summed E-state index contributed by atoms with van der Waals surface area (Å²) in [6.07, 6.45) is 0.265. The average molecular weight is 266 g/mol. The topological polar surface area (TPSA) is 83.6 Å². The second-order valence-electron chi connectivity index (χ2n) is 4.64. The normalized spacial score (nSPS) is 20.6. The minimum absolute atomic E-state index is 0.0187. The summed E-state index contributed by atoms with van der Waals surface area (Å²) in [5, 5.41) is 9.31. The Morgan fingerprint density at radius 1 is 1.47 bits per heavy atom. The number of benzene rings is 1. The zero-order chi connectivity index (χ0) is 14.0. The van der Waals surface area contributed by atoms with Crippen LogP contribution in [0, 0.1) is 11.7 Å². The summed E-state index contributed by atoms with van der Waals surface area (Å²) in [7, 11) is 0. The molecule has 3 N–H and O–H groups in total. The standard InChI is InChI=1S/C13H15FN2O3/c14-10-3-1-9(2-4-10)12(13(18)19)16-7-8(6-15)5-11(16)17/h1-4,8,12H,5-7,15H2,(H,18,19)/t8?,12-/m0/s1. The Morgan fingerprint density at radius 2 is 2.11 bits per heavy atom. The molecule has 0 saturated carbocycles. The Morgan fingerprint density at radius 3 is 2.58 bits per heavy atom. The van der Waals surface area contributed by atoms with Gasteiger partial charge in [-0.2, -0.15) is 0 Å². The fraction of sp³-hybridized carbons (Fsp3) is 0.385. The van der Waals surface area contributed by atoms with Crippen molar-refractivity contribution in [2.45, 2.75) is 12.5 Å². The molecule has 1 saturated heterocycles. The summed E-state index contributed by atoms with van der Waals surface area (Å²) >= 11 is 0. The van der Waals surface area contributed by atoms with Gasteiger partial charge in [0, 0.05) is 13.0 Å². The fourth-order valence-corrected chi connectivity index (χ4v) is 2.32. The summed E-state index contributed by atoms with van der Waals surface area (Å²) < 4.78 is 12.9. The number of carbonyl (C=O) groups is 2. The van der Waals surface area contributed by atoms with E-state index in [1.807, 2.05) is 0 Å². The molecule has 1 heterocycles. The Labute approximate surface area is 109 Å². The molecule has 0 bridgehead atoms. The fourth-order valence-electron chi connectivity index (χ4n) is 2.32. The average Bonchev–Trinajstić information content (AvgIpc) is 2.73. The molecule has 1 aromatic carbocycles. The number of likely N-dealkylation sites (tertiary alicyclic amines) is 1. The third kappa shape index (κ3) is 2.73. The van der Waals surface area contributed by atoms with E-state index in [-0.39, 0.29) is 18.2 Å². The first kappa shape index (κ1) is 13.5. The van der Waals surface area contributed by atoms with E-state index in [9.17, 15) is 19.1 Å². The summed E-state index contributed by atoms with van der Waals surface area (Å²) in [6, 6.07) is 4.07. The third-order valence-corrected chi connectivity index (χ3v) is 3.30. The number of carbonyl (C=O) groups excluding carboxylic acids is 1. The zero-order valence-corrected chi connectivity index (χ0v) is 10.3. The molecule has 2 rings (SSSR count). The number of amides is 1. The number of nitrogens with zero attached hydrogens (tertiary/aromatic N) is 1. The summed E-state index contributed by atoms with van der Waals surface area (Å²) in [5.41, 5.74) is 5.91. The number of nitrogens with two attached hydrogens (primary N) is 1. The van der Waals surface area contributed by atoms with E-state index >= 15 is 0 Å². The monoisotopic (exact) mass is 266 g/mol. The number of aliphatic carboxylic acids is 1. The Kier molecular flexibility index (Phi) is 3.80. The highest BCUT2D eigenvalue weighted by Crippen LogP contribution is 2.28. The number of rotatable bonds is 4. The second kappa shape index (κ2) is 5.36. The summed E-state index contributed by atoms with van der Waals surface area (Å²) in [6.45, 7) is 0.668. The molecule has 1 unspecified atom stereocenters. The van der Waals surface area contributed by atoms with Crippen LogP contribution < -0.4 is 5.73 Å². The molecule has 0 spiro atoms. The van der Waals surface area contributed by atoms with E-state index in [1.54, 1.807) is 0 Å². The quantitative estimate of drug-likeness (QED) is 0.842. The minimum Gasteiger partial charge on any atom is -0.479 e. The van der Waals surface area contributed by atoms with Crippen LogP contribution >= 0.6 is 0 Å². The van der Waals surface area contributed by atoms with Crippen LogP contribution in [0.15, 0.2) is 24.3 Å². The lowest BCUT2D eigenvalue weighted by Crippen LogP contribution is -2.35. The van der Waals surface area contributed by atoms with Gasteiger partial charge in [-0.15, -0.1) is 0 Å². The summed E-state index contributed by atoms with van der Waals surface area (Å²) in [4.78, 5) is 24.6. The van der Waals surface area contributed by atoms with E-state index in [2.05, 4.69) is 0 Å². The molecule has 0 aliphatic carbocycles. The van der Waals surface area contributed by atoms with Gasteiger partial charge in [0.25, 0.3) is 0 Å². The molecule has 1 aliphatic heterocycles.